The maximum absolute atomic E-state index is 12.7. The highest BCUT2D eigenvalue weighted by molar-refractivity contribution is 5.53. The Kier molecular flexibility index (Phi) is 3.26. The summed E-state index contributed by atoms with van der Waals surface area (Å²) in [5, 5.41) is 12.4. The molecule has 0 amide bonds. The van der Waals surface area contributed by atoms with E-state index in [1.54, 1.807) is 12.1 Å². The molecule has 0 fully saturated rings. The molecule has 1 heterocycles. The summed E-state index contributed by atoms with van der Waals surface area (Å²) < 4.78 is 17.7. The van der Waals surface area contributed by atoms with Crippen LogP contribution in [0.3, 0.4) is 0 Å². The Labute approximate surface area is 91.7 Å². The molecule has 0 unspecified atom stereocenters. The van der Waals surface area contributed by atoms with Gasteiger partial charge in [0.25, 0.3) is 0 Å². The average Bonchev–Trinajstić information content (AvgIpc) is 2.76. The van der Waals surface area contributed by atoms with Gasteiger partial charge in [-0.15, -0.1) is 0 Å². The van der Waals surface area contributed by atoms with Crippen molar-refractivity contribution in [3.8, 4) is 11.4 Å². The molecule has 1 aromatic heterocycles. The monoisotopic (exact) mass is 222 g/mol. The highest BCUT2D eigenvalue weighted by Gasteiger charge is 2.07. The summed E-state index contributed by atoms with van der Waals surface area (Å²) in [6.07, 6.45) is 1.13. The van der Waals surface area contributed by atoms with E-state index in [1.807, 2.05) is 0 Å². The molecule has 1 N–H and O–H groups in total. The number of benzene rings is 1. The molecule has 0 spiro atoms. The summed E-state index contributed by atoms with van der Waals surface area (Å²) in [6.45, 7) is 0.0915. The summed E-state index contributed by atoms with van der Waals surface area (Å²) >= 11 is 0. The Bertz CT molecular complexity index is 453. The zero-order valence-corrected chi connectivity index (χ0v) is 8.56. The smallest absolute Gasteiger partial charge is 0.227 e. The van der Waals surface area contributed by atoms with Gasteiger partial charge in [-0.25, -0.2) is 4.39 Å². The van der Waals surface area contributed by atoms with E-state index < -0.39 is 0 Å². The van der Waals surface area contributed by atoms with Gasteiger partial charge in [-0.3, -0.25) is 0 Å². The van der Waals surface area contributed by atoms with Gasteiger partial charge in [0.2, 0.25) is 11.7 Å². The summed E-state index contributed by atoms with van der Waals surface area (Å²) in [6, 6.07) is 5.88. The molecule has 4 nitrogen and oxygen atoms in total. The molecule has 2 rings (SSSR count). The van der Waals surface area contributed by atoms with Gasteiger partial charge < -0.3 is 9.63 Å². The number of aromatic nitrogens is 2. The van der Waals surface area contributed by atoms with E-state index in [0.29, 0.717) is 30.1 Å². The van der Waals surface area contributed by atoms with Crippen molar-refractivity contribution >= 4 is 0 Å². The van der Waals surface area contributed by atoms with Gasteiger partial charge in [-0.2, -0.15) is 4.98 Å². The van der Waals surface area contributed by atoms with Crippen LogP contribution in [0.4, 0.5) is 4.39 Å². The minimum Gasteiger partial charge on any atom is -0.396 e. The maximum atomic E-state index is 12.7. The van der Waals surface area contributed by atoms with Gasteiger partial charge in [0, 0.05) is 18.6 Å². The Morgan fingerprint density at radius 1 is 1.25 bits per heavy atom. The van der Waals surface area contributed by atoms with Crippen molar-refractivity contribution < 1.29 is 14.0 Å². The van der Waals surface area contributed by atoms with Gasteiger partial charge >= 0.3 is 0 Å². The van der Waals surface area contributed by atoms with Gasteiger partial charge in [0.05, 0.1) is 0 Å². The third-order valence-electron chi connectivity index (χ3n) is 2.12. The second kappa shape index (κ2) is 4.85. The predicted octanol–water partition coefficient (Wildman–Crippen LogP) is 1.80. The fourth-order valence-electron chi connectivity index (χ4n) is 1.30. The van der Waals surface area contributed by atoms with Gasteiger partial charge in [-0.1, -0.05) is 5.16 Å². The average molecular weight is 222 g/mol. The van der Waals surface area contributed by atoms with Crippen LogP contribution in [-0.2, 0) is 6.42 Å². The predicted molar refractivity (Wildman–Crippen MR) is 55.1 cm³/mol. The molecule has 84 valence electrons. The molecule has 0 aliphatic rings. The molecule has 1 aromatic carbocycles. The zero-order chi connectivity index (χ0) is 11.4. The third kappa shape index (κ3) is 2.43. The highest BCUT2D eigenvalue weighted by Crippen LogP contribution is 2.16. The molecule has 16 heavy (non-hydrogen) atoms. The van der Waals surface area contributed by atoms with Crippen LogP contribution >= 0.6 is 0 Å². The molecule has 0 bridgehead atoms. The Morgan fingerprint density at radius 3 is 2.69 bits per heavy atom. The minimum absolute atomic E-state index is 0.0915. The van der Waals surface area contributed by atoms with Gasteiger partial charge in [0.15, 0.2) is 0 Å². The lowest BCUT2D eigenvalue weighted by atomic mass is 10.2. The molecule has 0 radical (unpaired) electrons. The second-order valence-corrected chi connectivity index (χ2v) is 3.35. The van der Waals surface area contributed by atoms with Gasteiger partial charge in [-0.05, 0) is 30.7 Å². The van der Waals surface area contributed by atoms with Crippen LogP contribution in [0.25, 0.3) is 11.4 Å². The van der Waals surface area contributed by atoms with Crippen molar-refractivity contribution in [1.29, 1.82) is 0 Å². The van der Waals surface area contributed by atoms with Crippen LogP contribution in [-0.4, -0.2) is 21.9 Å². The van der Waals surface area contributed by atoms with Crippen LogP contribution < -0.4 is 0 Å². The maximum Gasteiger partial charge on any atom is 0.227 e. The minimum atomic E-state index is -0.298. The van der Waals surface area contributed by atoms with Crippen molar-refractivity contribution in [2.24, 2.45) is 0 Å². The first-order valence-corrected chi connectivity index (χ1v) is 4.99. The number of hydrogen-bond donors (Lipinski definition) is 1. The second-order valence-electron chi connectivity index (χ2n) is 3.35. The zero-order valence-electron chi connectivity index (χ0n) is 8.56. The molecule has 0 saturated heterocycles. The van der Waals surface area contributed by atoms with Crippen LogP contribution in [0.2, 0.25) is 0 Å². The number of rotatable bonds is 4. The normalized spacial score (nSPS) is 10.6. The number of aryl methyl sites for hydroxylation is 1. The first-order valence-electron chi connectivity index (χ1n) is 4.99. The topological polar surface area (TPSA) is 59.2 Å². The lowest BCUT2D eigenvalue weighted by Gasteiger charge is -1.92. The number of nitrogens with zero attached hydrogens (tertiary/aromatic N) is 2. The fourth-order valence-corrected chi connectivity index (χ4v) is 1.30. The van der Waals surface area contributed by atoms with E-state index >= 15 is 0 Å². The summed E-state index contributed by atoms with van der Waals surface area (Å²) in [4.78, 5) is 4.14. The molecule has 0 aliphatic heterocycles. The summed E-state index contributed by atoms with van der Waals surface area (Å²) in [5.74, 6) is 0.620. The van der Waals surface area contributed by atoms with Crippen molar-refractivity contribution in [2.75, 3.05) is 6.61 Å². The van der Waals surface area contributed by atoms with E-state index in [9.17, 15) is 4.39 Å². The van der Waals surface area contributed by atoms with E-state index in [-0.39, 0.29) is 12.4 Å². The SMILES string of the molecule is OCCCc1nc(-c2ccc(F)cc2)no1. The third-order valence-corrected chi connectivity index (χ3v) is 2.12. The molecular weight excluding hydrogens is 211 g/mol. The lowest BCUT2D eigenvalue weighted by molar-refractivity contribution is 0.278. The van der Waals surface area contributed by atoms with Crippen LogP contribution in [0.15, 0.2) is 28.8 Å². The van der Waals surface area contributed by atoms with E-state index in [4.69, 9.17) is 9.63 Å². The quantitative estimate of drug-likeness (QED) is 0.856. The number of aliphatic hydroxyl groups excluding tert-OH is 1. The number of aliphatic hydroxyl groups is 1. The van der Waals surface area contributed by atoms with Crippen molar-refractivity contribution in [1.82, 2.24) is 10.1 Å². The van der Waals surface area contributed by atoms with E-state index in [1.165, 1.54) is 12.1 Å². The van der Waals surface area contributed by atoms with Crippen molar-refractivity contribution in [2.45, 2.75) is 12.8 Å². The molecular formula is C11H11FN2O2. The molecule has 5 heteroatoms. The van der Waals surface area contributed by atoms with Crippen LogP contribution in [0.5, 0.6) is 0 Å². The van der Waals surface area contributed by atoms with Crippen molar-refractivity contribution in [3.63, 3.8) is 0 Å². The summed E-state index contributed by atoms with van der Waals surface area (Å²) in [7, 11) is 0. The Balaban J connectivity index is 2.15. The molecule has 0 saturated carbocycles. The largest absolute Gasteiger partial charge is 0.396 e. The number of halogens is 1. The molecule has 0 atom stereocenters. The molecule has 2 aromatic rings. The lowest BCUT2D eigenvalue weighted by Crippen LogP contribution is -1.89. The van der Waals surface area contributed by atoms with Crippen LogP contribution in [0.1, 0.15) is 12.3 Å². The summed E-state index contributed by atoms with van der Waals surface area (Å²) in [5.41, 5.74) is 0.709. The Hall–Kier alpha value is -1.75. The fraction of sp³-hybridized carbons (Fsp3) is 0.273. The number of hydrogen-bond acceptors (Lipinski definition) is 4. The van der Waals surface area contributed by atoms with Crippen molar-refractivity contribution in [3.05, 3.63) is 36.0 Å². The standard InChI is InChI=1S/C11H11FN2O2/c12-9-5-3-8(4-6-9)11-13-10(16-14-11)2-1-7-15/h3-6,15H,1-2,7H2. The van der Waals surface area contributed by atoms with E-state index in [0.717, 1.165) is 0 Å². The highest BCUT2D eigenvalue weighted by atomic mass is 19.1. The van der Waals surface area contributed by atoms with Gasteiger partial charge in [0.1, 0.15) is 5.82 Å². The Morgan fingerprint density at radius 2 is 2.00 bits per heavy atom. The first kappa shape index (κ1) is 10.8. The van der Waals surface area contributed by atoms with E-state index in [2.05, 4.69) is 10.1 Å². The van der Waals surface area contributed by atoms with Crippen LogP contribution in [0, 0.1) is 5.82 Å². The first-order chi connectivity index (χ1) is 7.79. The molecule has 0 aliphatic carbocycles.